The van der Waals surface area contributed by atoms with Gasteiger partial charge in [0.15, 0.2) is 0 Å². The topological polar surface area (TPSA) is 52.6 Å². The lowest BCUT2D eigenvalue weighted by molar-refractivity contribution is -0.0914. The van der Waals surface area contributed by atoms with Crippen LogP contribution < -0.4 is 0 Å². The molecule has 0 saturated carbocycles. The van der Waals surface area contributed by atoms with Gasteiger partial charge < -0.3 is 4.74 Å². The zero-order chi connectivity index (χ0) is 14.4. The minimum atomic E-state index is -3.68. The first-order chi connectivity index (χ1) is 8.79. The molecule has 7 heteroatoms. The minimum Gasteiger partial charge on any atom is -0.371 e. The SMILES string of the molecule is CS(=O)(=O)OCCC(F)(F)COCc1ccccc1. The van der Waals surface area contributed by atoms with Crippen LogP contribution in [0.3, 0.4) is 0 Å². The molecule has 108 valence electrons. The average molecular weight is 294 g/mol. The maximum Gasteiger partial charge on any atom is 0.273 e. The van der Waals surface area contributed by atoms with E-state index in [2.05, 4.69) is 4.18 Å². The monoisotopic (exact) mass is 294 g/mol. The van der Waals surface area contributed by atoms with Gasteiger partial charge in [-0.05, 0) is 5.56 Å². The van der Waals surface area contributed by atoms with E-state index in [1.165, 1.54) is 0 Å². The molecule has 0 amide bonds. The molecule has 0 aromatic heterocycles. The van der Waals surface area contributed by atoms with Gasteiger partial charge in [0.1, 0.15) is 6.61 Å². The molecular formula is C12H16F2O4S. The third-order valence-electron chi connectivity index (χ3n) is 2.19. The summed E-state index contributed by atoms with van der Waals surface area (Å²) in [5, 5.41) is 0. The van der Waals surface area contributed by atoms with Crippen LogP contribution in [0.4, 0.5) is 8.78 Å². The molecule has 0 aliphatic rings. The summed E-state index contributed by atoms with van der Waals surface area (Å²) < 4.78 is 57.0. The van der Waals surface area contributed by atoms with Gasteiger partial charge in [-0.1, -0.05) is 30.3 Å². The van der Waals surface area contributed by atoms with Crippen molar-refractivity contribution >= 4 is 10.1 Å². The molecule has 0 N–H and O–H groups in total. The van der Waals surface area contributed by atoms with Gasteiger partial charge in [-0.25, -0.2) is 8.78 Å². The van der Waals surface area contributed by atoms with Gasteiger partial charge in [0.05, 0.1) is 19.5 Å². The molecule has 0 heterocycles. The van der Waals surface area contributed by atoms with E-state index in [0.29, 0.717) is 0 Å². The molecule has 0 unspecified atom stereocenters. The molecule has 0 aliphatic carbocycles. The van der Waals surface area contributed by atoms with Crippen LogP contribution in [0.15, 0.2) is 30.3 Å². The highest BCUT2D eigenvalue weighted by Crippen LogP contribution is 2.19. The molecule has 0 bridgehead atoms. The molecule has 1 aromatic carbocycles. The van der Waals surface area contributed by atoms with E-state index >= 15 is 0 Å². The fraction of sp³-hybridized carbons (Fsp3) is 0.500. The van der Waals surface area contributed by atoms with Crippen molar-refractivity contribution in [2.45, 2.75) is 19.0 Å². The second-order valence-corrected chi connectivity index (χ2v) is 5.75. The lowest BCUT2D eigenvalue weighted by Gasteiger charge is -2.16. The zero-order valence-electron chi connectivity index (χ0n) is 10.5. The zero-order valence-corrected chi connectivity index (χ0v) is 11.3. The summed E-state index contributed by atoms with van der Waals surface area (Å²) in [6, 6.07) is 8.93. The van der Waals surface area contributed by atoms with Crippen LogP contribution in [0.25, 0.3) is 0 Å². The van der Waals surface area contributed by atoms with Crippen LogP contribution >= 0.6 is 0 Å². The van der Waals surface area contributed by atoms with Crippen LogP contribution in [0.1, 0.15) is 12.0 Å². The van der Waals surface area contributed by atoms with Crippen molar-refractivity contribution in [3.63, 3.8) is 0 Å². The molecule has 0 fully saturated rings. The Morgan fingerprint density at radius 1 is 1.21 bits per heavy atom. The van der Waals surface area contributed by atoms with Crippen LogP contribution in [-0.2, 0) is 25.6 Å². The Hall–Kier alpha value is -1.05. The molecular weight excluding hydrogens is 278 g/mol. The van der Waals surface area contributed by atoms with E-state index in [9.17, 15) is 17.2 Å². The van der Waals surface area contributed by atoms with Gasteiger partial charge in [-0.15, -0.1) is 0 Å². The fourth-order valence-corrected chi connectivity index (χ4v) is 1.69. The first-order valence-electron chi connectivity index (χ1n) is 5.62. The highest BCUT2D eigenvalue weighted by molar-refractivity contribution is 7.85. The van der Waals surface area contributed by atoms with Gasteiger partial charge in [0.25, 0.3) is 16.0 Å². The first kappa shape index (κ1) is 16.0. The summed E-state index contributed by atoms with van der Waals surface area (Å²) in [7, 11) is -3.68. The van der Waals surface area contributed by atoms with Crippen molar-refractivity contribution in [1.29, 1.82) is 0 Å². The van der Waals surface area contributed by atoms with Crippen molar-refractivity contribution < 1.29 is 26.1 Å². The summed E-state index contributed by atoms with van der Waals surface area (Å²) in [5.41, 5.74) is 0.797. The molecule has 0 aliphatic heterocycles. The largest absolute Gasteiger partial charge is 0.371 e. The van der Waals surface area contributed by atoms with Crippen molar-refractivity contribution in [3.8, 4) is 0 Å². The van der Waals surface area contributed by atoms with E-state index in [-0.39, 0.29) is 6.61 Å². The van der Waals surface area contributed by atoms with Crippen LogP contribution in [-0.4, -0.2) is 33.8 Å². The summed E-state index contributed by atoms with van der Waals surface area (Å²) in [6.07, 6.45) is 0.117. The van der Waals surface area contributed by atoms with Gasteiger partial charge >= 0.3 is 0 Å². The Morgan fingerprint density at radius 2 is 1.84 bits per heavy atom. The van der Waals surface area contributed by atoms with Crippen LogP contribution in [0.5, 0.6) is 0 Å². The average Bonchev–Trinajstić information content (AvgIpc) is 2.28. The molecule has 0 radical (unpaired) electrons. The lowest BCUT2D eigenvalue weighted by Crippen LogP contribution is -2.26. The second-order valence-electron chi connectivity index (χ2n) is 4.11. The smallest absolute Gasteiger partial charge is 0.273 e. The Morgan fingerprint density at radius 3 is 2.42 bits per heavy atom. The molecule has 4 nitrogen and oxygen atoms in total. The lowest BCUT2D eigenvalue weighted by atomic mass is 10.2. The Kier molecular flexibility index (Phi) is 5.84. The quantitative estimate of drug-likeness (QED) is 0.690. The third kappa shape index (κ3) is 7.86. The van der Waals surface area contributed by atoms with Crippen molar-refractivity contribution in [3.05, 3.63) is 35.9 Å². The summed E-state index contributed by atoms with van der Waals surface area (Å²) in [4.78, 5) is 0. The predicted octanol–water partition coefficient (Wildman–Crippen LogP) is 2.20. The Bertz CT molecular complexity index is 474. The van der Waals surface area contributed by atoms with E-state index in [1.54, 1.807) is 24.3 Å². The number of hydrogen-bond donors (Lipinski definition) is 0. The van der Waals surface area contributed by atoms with E-state index in [0.717, 1.165) is 11.8 Å². The first-order valence-corrected chi connectivity index (χ1v) is 7.44. The van der Waals surface area contributed by atoms with Gasteiger partial charge in [-0.2, -0.15) is 8.42 Å². The Labute approximate surface area is 111 Å². The van der Waals surface area contributed by atoms with E-state index in [1.807, 2.05) is 6.07 Å². The number of alkyl halides is 2. The van der Waals surface area contributed by atoms with E-state index in [4.69, 9.17) is 4.74 Å². The van der Waals surface area contributed by atoms with Crippen LogP contribution in [0.2, 0.25) is 0 Å². The predicted molar refractivity (Wildman–Crippen MR) is 66.5 cm³/mol. The highest BCUT2D eigenvalue weighted by Gasteiger charge is 2.29. The number of ether oxygens (including phenoxy) is 1. The maximum absolute atomic E-state index is 13.3. The summed E-state index contributed by atoms with van der Waals surface area (Å²) in [5.74, 6) is -3.11. The van der Waals surface area contributed by atoms with E-state index < -0.39 is 35.7 Å². The second kappa shape index (κ2) is 6.93. The Balaban J connectivity index is 2.27. The third-order valence-corrected chi connectivity index (χ3v) is 2.78. The molecule has 19 heavy (non-hydrogen) atoms. The molecule has 1 aromatic rings. The normalized spacial score (nSPS) is 12.6. The highest BCUT2D eigenvalue weighted by atomic mass is 32.2. The number of hydrogen-bond acceptors (Lipinski definition) is 4. The van der Waals surface area contributed by atoms with Gasteiger partial charge in [0.2, 0.25) is 0 Å². The minimum absolute atomic E-state index is 0.0867. The van der Waals surface area contributed by atoms with Gasteiger partial charge in [0, 0.05) is 6.42 Å². The van der Waals surface area contributed by atoms with Gasteiger partial charge in [-0.3, -0.25) is 4.18 Å². The number of halogens is 2. The molecule has 0 atom stereocenters. The summed E-state index contributed by atoms with van der Waals surface area (Å²) >= 11 is 0. The fourth-order valence-electron chi connectivity index (χ4n) is 1.31. The summed E-state index contributed by atoms with van der Waals surface area (Å²) in [6.45, 7) is -1.24. The van der Waals surface area contributed by atoms with Crippen molar-refractivity contribution in [2.24, 2.45) is 0 Å². The maximum atomic E-state index is 13.3. The number of rotatable bonds is 8. The standard InChI is InChI=1S/C12H16F2O4S/c1-19(15,16)18-8-7-12(13,14)10-17-9-11-5-3-2-4-6-11/h2-6H,7-10H2,1H3. The molecule has 0 spiro atoms. The van der Waals surface area contributed by atoms with Crippen molar-refractivity contribution in [1.82, 2.24) is 0 Å². The molecule has 0 saturated heterocycles. The van der Waals surface area contributed by atoms with Crippen molar-refractivity contribution in [2.75, 3.05) is 19.5 Å². The van der Waals surface area contributed by atoms with Crippen LogP contribution in [0, 0.1) is 0 Å². The number of benzene rings is 1. The molecule has 1 rings (SSSR count).